The van der Waals surface area contributed by atoms with Gasteiger partial charge in [-0.05, 0) is 47.4 Å². The van der Waals surface area contributed by atoms with Crippen LogP contribution < -0.4 is 10.2 Å². The molecule has 4 heteroatoms. The van der Waals surface area contributed by atoms with E-state index in [0.29, 0.717) is 6.04 Å². The average molecular weight is 374 g/mol. The number of fused-ring (bicyclic) bond motifs is 1. The van der Waals surface area contributed by atoms with Crippen LogP contribution >= 0.6 is 0 Å². The van der Waals surface area contributed by atoms with Crippen molar-refractivity contribution in [1.82, 2.24) is 5.32 Å². The Morgan fingerprint density at radius 1 is 1.11 bits per heavy atom. The number of nitrogens with one attached hydrogen (secondary N) is 1. The predicted octanol–water partition coefficient (Wildman–Crippen LogP) is 4.40. The Kier molecular flexibility index (Phi) is 5.31. The van der Waals surface area contributed by atoms with Crippen LogP contribution in [0.25, 0.3) is 10.8 Å². The molecule has 0 spiro atoms. The molecule has 0 saturated carbocycles. The first-order valence-electron chi connectivity index (χ1n) is 9.89. The fourth-order valence-electron chi connectivity index (χ4n) is 4.20. The van der Waals surface area contributed by atoms with Gasteiger partial charge in [0.25, 0.3) is 0 Å². The van der Waals surface area contributed by atoms with Gasteiger partial charge in [-0.1, -0.05) is 54.6 Å². The predicted molar refractivity (Wildman–Crippen MR) is 114 cm³/mol. The first-order chi connectivity index (χ1) is 13.6. The van der Waals surface area contributed by atoms with E-state index in [1.165, 1.54) is 16.3 Å². The Morgan fingerprint density at radius 3 is 2.64 bits per heavy atom. The van der Waals surface area contributed by atoms with Gasteiger partial charge in [-0.2, -0.15) is 0 Å². The zero-order valence-electron chi connectivity index (χ0n) is 16.1. The van der Waals surface area contributed by atoms with Crippen molar-refractivity contribution in [3.05, 3.63) is 77.9 Å². The number of hydrogen-bond donors (Lipinski definition) is 2. The van der Waals surface area contributed by atoms with E-state index in [0.717, 1.165) is 30.8 Å². The second-order valence-corrected chi connectivity index (χ2v) is 7.63. The summed E-state index contributed by atoms with van der Waals surface area (Å²) < 4.78 is 0. The fraction of sp³-hybridized carbons (Fsp3) is 0.292. The van der Waals surface area contributed by atoms with Gasteiger partial charge in [0.15, 0.2) is 0 Å². The maximum Gasteiger partial charge on any atom is 0.307 e. The van der Waals surface area contributed by atoms with Crippen LogP contribution in [0, 0.1) is 0 Å². The maximum absolute atomic E-state index is 10.8. The first-order valence-corrected chi connectivity index (χ1v) is 9.89. The second kappa shape index (κ2) is 8.03. The van der Waals surface area contributed by atoms with Crippen molar-refractivity contribution in [2.24, 2.45) is 0 Å². The summed E-state index contributed by atoms with van der Waals surface area (Å²) in [6, 6.07) is 23.7. The molecule has 3 aromatic carbocycles. The molecule has 1 heterocycles. The molecule has 2 N–H and O–H groups in total. The molecule has 1 aliphatic heterocycles. The van der Waals surface area contributed by atoms with Gasteiger partial charge in [0.05, 0.1) is 6.42 Å². The zero-order chi connectivity index (χ0) is 19.5. The summed E-state index contributed by atoms with van der Waals surface area (Å²) in [4.78, 5) is 13.2. The monoisotopic (exact) mass is 374 g/mol. The van der Waals surface area contributed by atoms with Crippen molar-refractivity contribution < 1.29 is 9.90 Å². The normalized spacial score (nSPS) is 17.8. The number of aliphatic carboxylic acids is 1. The average Bonchev–Trinajstić information content (AvgIpc) is 3.16. The Labute approximate surface area is 165 Å². The molecule has 0 amide bonds. The molecule has 4 nitrogen and oxygen atoms in total. The molecule has 1 aliphatic rings. The van der Waals surface area contributed by atoms with Gasteiger partial charge in [-0.15, -0.1) is 0 Å². The number of hydrogen-bond acceptors (Lipinski definition) is 3. The molecule has 0 unspecified atom stereocenters. The highest BCUT2D eigenvalue weighted by Crippen LogP contribution is 2.26. The molecule has 144 valence electrons. The third-order valence-electron chi connectivity index (χ3n) is 5.62. The number of carbonyl (C=O) groups is 1. The molecule has 0 bridgehead atoms. The largest absolute Gasteiger partial charge is 0.481 e. The molecule has 0 aromatic heterocycles. The van der Waals surface area contributed by atoms with Gasteiger partial charge >= 0.3 is 5.97 Å². The van der Waals surface area contributed by atoms with Crippen LogP contribution in [-0.4, -0.2) is 30.2 Å². The molecular formula is C24H26N2O2. The zero-order valence-corrected chi connectivity index (χ0v) is 16.1. The highest BCUT2D eigenvalue weighted by atomic mass is 16.4. The van der Waals surface area contributed by atoms with Crippen molar-refractivity contribution >= 4 is 22.4 Å². The minimum Gasteiger partial charge on any atom is -0.481 e. The number of benzene rings is 3. The van der Waals surface area contributed by atoms with E-state index in [-0.39, 0.29) is 12.5 Å². The lowest BCUT2D eigenvalue weighted by atomic mass is 9.99. The Balaban J connectivity index is 1.41. The van der Waals surface area contributed by atoms with E-state index in [1.54, 1.807) is 0 Å². The van der Waals surface area contributed by atoms with Gasteiger partial charge in [0.1, 0.15) is 0 Å². The van der Waals surface area contributed by atoms with Gasteiger partial charge in [-0.3, -0.25) is 4.79 Å². The van der Waals surface area contributed by atoms with Crippen molar-refractivity contribution in [3.8, 4) is 0 Å². The summed E-state index contributed by atoms with van der Waals surface area (Å²) in [5, 5.41) is 15.3. The van der Waals surface area contributed by atoms with Gasteiger partial charge < -0.3 is 15.3 Å². The lowest BCUT2D eigenvalue weighted by molar-refractivity contribution is -0.136. The van der Waals surface area contributed by atoms with Crippen LogP contribution in [0.3, 0.4) is 0 Å². The van der Waals surface area contributed by atoms with Gasteiger partial charge in [0.2, 0.25) is 0 Å². The van der Waals surface area contributed by atoms with Crippen molar-refractivity contribution in [2.45, 2.75) is 31.8 Å². The summed E-state index contributed by atoms with van der Waals surface area (Å²) in [5.74, 6) is -0.791. The van der Waals surface area contributed by atoms with E-state index < -0.39 is 5.97 Å². The molecule has 28 heavy (non-hydrogen) atoms. The fourth-order valence-corrected chi connectivity index (χ4v) is 4.20. The van der Waals surface area contributed by atoms with Crippen LogP contribution in [0.1, 0.15) is 30.5 Å². The number of carboxylic acids is 1. The van der Waals surface area contributed by atoms with E-state index in [4.69, 9.17) is 5.11 Å². The Morgan fingerprint density at radius 2 is 1.86 bits per heavy atom. The van der Waals surface area contributed by atoms with Crippen LogP contribution in [0.4, 0.5) is 5.69 Å². The van der Waals surface area contributed by atoms with E-state index in [1.807, 2.05) is 24.3 Å². The third kappa shape index (κ3) is 4.02. The number of nitrogens with zero attached hydrogens (tertiary/aromatic N) is 1. The molecular weight excluding hydrogens is 348 g/mol. The van der Waals surface area contributed by atoms with Crippen LogP contribution in [0.5, 0.6) is 0 Å². The minimum atomic E-state index is -0.791. The van der Waals surface area contributed by atoms with Crippen molar-refractivity contribution in [2.75, 3.05) is 18.0 Å². The quantitative estimate of drug-likeness (QED) is 0.672. The molecule has 0 radical (unpaired) electrons. The van der Waals surface area contributed by atoms with E-state index in [2.05, 4.69) is 59.6 Å². The third-order valence-corrected chi connectivity index (χ3v) is 5.62. The smallest absolute Gasteiger partial charge is 0.307 e. The molecule has 2 atom stereocenters. The number of anilines is 1. The summed E-state index contributed by atoms with van der Waals surface area (Å²) in [7, 11) is 0. The summed E-state index contributed by atoms with van der Waals surface area (Å²) >= 11 is 0. The first kappa shape index (κ1) is 18.5. The molecule has 4 rings (SSSR count). The van der Waals surface area contributed by atoms with Crippen molar-refractivity contribution in [3.63, 3.8) is 0 Å². The van der Waals surface area contributed by atoms with Crippen LogP contribution in [-0.2, 0) is 11.2 Å². The van der Waals surface area contributed by atoms with Gasteiger partial charge in [0, 0.05) is 30.9 Å². The summed E-state index contributed by atoms with van der Waals surface area (Å²) in [6.07, 6.45) is 1.18. The Bertz CT molecular complexity index is 963. The molecule has 1 fully saturated rings. The highest BCUT2D eigenvalue weighted by Gasteiger charge is 2.24. The number of carboxylic acid groups (broad SMARTS) is 1. The molecule has 0 aliphatic carbocycles. The second-order valence-electron chi connectivity index (χ2n) is 7.63. The lowest BCUT2D eigenvalue weighted by Gasteiger charge is -2.23. The standard InChI is InChI=1S/C24H26N2O2/c1-17(22-8-4-6-19-5-2-3-7-23(19)22)25-20-13-14-26(16-20)21-11-9-18(10-12-21)15-24(27)28/h2-12,17,20,25H,13-16H2,1H3,(H,27,28)/t17-,20+/m0/s1. The number of rotatable bonds is 6. The van der Waals surface area contributed by atoms with Gasteiger partial charge in [-0.25, -0.2) is 0 Å². The van der Waals surface area contributed by atoms with Crippen LogP contribution in [0.15, 0.2) is 66.7 Å². The molecule has 1 saturated heterocycles. The topological polar surface area (TPSA) is 52.6 Å². The SMILES string of the molecule is C[C@H](N[C@@H]1CCN(c2ccc(CC(=O)O)cc2)C1)c1cccc2ccccc12. The molecule has 3 aromatic rings. The maximum atomic E-state index is 10.8. The Hall–Kier alpha value is -2.85. The lowest BCUT2D eigenvalue weighted by Crippen LogP contribution is -2.34. The van der Waals surface area contributed by atoms with E-state index in [9.17, 15) is 4.79 Å². The summed E-state index contributed by atoms with van der Waals surface area (Å²) in [6.45, 7) is 4.22. The summed E-state index contributed by atoms with van der Waals surface area (Å²) in [5.41, 5.74) is 3.35. The highest BCUT2D eigenvalue weighted by molar-refractivity contribution is 5.86. The van der Waals surface area contributed by atoms with Crippen LogP contribution in [0.2, 0.25) is 0 Å². The minimum absolute atomic E-state index is 0.0764. The van der Waals surface area contributed by atoms with Crippen molar-refractivity contribution in [1.29, 1.82) is 0 Å². The van der Waals surface area contributed by atoms with E-state index >= 15 is 0 Å².